The number of aromatic hydroxyl groups is 1. The second kappa shape index (κ2) is 11.5. The van der Waals surface area contributed by atoms with Crippen LogP contribution in [-0.4, -0.2) is 88.8 Å². The Kier molecular flexibility index (Phi) is 7.24. The molecule has 5 aliphatic heterocycles. The van der Waals surface area contributed by atoms with E-state index in [1.165, 1.54) is 24.3 Å². The molecular formula is C38H38F3N5O3. The number of fused-ring (bicyclic) bond motifs is 5. The van der Waals surface area contributed by atoms with Gasteiger partial charge >= 0.3 is 6.01 Å². The Morgan fingerprint density at radius 3 is 2.82 bits per heavy atom. The summed E-state index contributed by atoms with van der Waals surface area (Å²) in [6, 6.07) is 9.27. The van der Waals surface area contributed by atoms with Gasteiger partial charge in [0.1, 0.15) is 35.7 Å². The van der Waals surface area contributed by atoms with Crippen molar-refractivity contribution in [3.63, 3.8) is 0 Å². The van der Waals surface area contributed by atoms with Gasteiger partial charge in [-0.15, -0.1) is 6.42 Å². The number of nitrogens with zero attached hydrogens (tertiary/aromatic N) is 4. The Balaban J connectivity index is 1.19. The van der Waals surface area contributed by atoms with E-state index >= 15 is 4.39 Å². The summed E-state index contributed by atoms with van der Waals surface area (Å²) in [5, 5.41) is 15.8. The number of phenolic OH excluding ortho intramolecular Hbond substituents is 1. The molecule has 5 fully saturated rings. The third kappa shape index (κ3) is 4.94. The molecule has 49 heavy (non-hydrogen) atoms. The molecule has 0 unspecified atom stereocenters. The molecule has 5 aliphatic rings. The molecule has 11 heteroatoms. The maximum absolute atomic E-state index is 17.1. The standard InChI is InChI=1S/C38H38F3N5O3/c1-2-26-30(40)9-6-22-15-25(47)16-29(32(22)26)27-7-8-28-34(33(27)41)42-36(49-21-37-11-4-13-46(37)18-23(39)17-37)43-35(28)45-19-24-10-12-38(20-45,44-24)31-5-3-14-48-31/h1,6-9,15-16,23-24,31,44,47H,3-5,10-14,17-21H2/t23-,24+,31+,37+,38-/m1/s1. The quantitative estimate of drug-likeness (QED) is 0.247. The van der Waals surface area contributed by atoms with Gasteiger partial charge in [-0.1, -0.05) is 18.1 Å². The summed E-state index contributed by atoms with van der Waals surface area (Å²) >= 11 is 0. The van der Waals surface area contributed by atoms with E-state index in [2.05, 4.69) is 26.0 Å². The molecule has 2 N–H and O–H groups in total. The van der Waals surface area contributed by atoms with Crippen LogP contribution in [0.5, 0.6) is 11.8 Å². The van der Waals surface area contributed by atoms with Gasteiger partial charge in [0.2, 0.25) is 0 Å². The summed E-state index contributed by atoms with van der Waals surface area (Å²) in [6.45, 7) is 3.45. The van der Waals surface area contributed by atoms with Crippen LogP contribution in [0.15, 0.2) is 36.4 Å². The predicted octanol–water partition coefficient (Wildman–Crippen LogP) is 5.86. The number of rotatable bonds is 6. The molecule has 8 nitrogen and oxygen atoms in total. The topological polar surface area (TPSA) is 83.0 Å². The van der Waals surface area contributed by atoms with Crippen LogP contribution in [0.2, 0.25) is 0 Å². The molecule has 1 aromatic heterocycles. The van der Waals surface area contributed by atoms with Crippen LogP contribution in [0.25, 0.3) is 32.8 Å². The van der Waals surface area contributed by atoms with Gasteiger partial charge in [0, 0.05) is 55.0 Å². The third-order valence-electron chi connectivity index (χ3n) is 11.7. The third-order valence-corrected chi connectivity index (χ3v) is 11.7. The van der Waals surface area contributed by atoms with Gasteiger partial charge in [0.05, 0.1) is 22.7 Å². The number of hydrogen-bond donors (Lipinski definition) is 2. The van der Waals surface area contributed by atoms with Crippen LogP contribution in [0, 0.1) is 24.0 Å². The molecule has 3 aromatic carbocycles. The molecule has 0 aliphatic carbocycles. The molecule has 0 radical (unpaired) electrons. The first-order chi connectivity index (χ1) is 23.8. The highest BCUT2D eigenvalue weighted by molar-refractivity contribution is 6.04. The van der Waals surface area contributed by atoms with Gasteiger partial charge < -0.3 is 24.8 Å². The first-order valence-corrected chi connectivity index (χ1v) is 17.3. The van der Waals surface area contributed by atoms with E-state index in [1.807, 2.05) is 0 Å². The van der Waals surface area contributed by atoms with Crippen molar-refractivity contribution < 1.29 is 27.8 Å². The zero-order chi connectivity index (χ0) is 33.5. The lowest BCUT2D eigenvalue weighted by Gasteiger charge is -2.45. The summed E-state index contributed by atoms with van der Waals surface area (Å²) in [6.07, 6.45) is 11.0. The Hall–Kier alpha value is -4.11. The van der Waals surface area contributed by atoms with E-state index in [9.17, 15) is 13.9 Å². The van der Waals surface area contributed by atoms with Gasteiger partial charge in [0.25, 0.3) is 0 Å². The molecule has 9 rings (SSSR count). The van der Waals surface area contributed by atoms with Crippen LogP contribution in [0.4, 0.5) is 19.0 Å². The van der Waals surface area contributed by atoms with Crippen molar-refractivity contribution in [1.29, 1.82) is 0 Å². The molecule has 6 heterocycles. The number of terminal acetylenes is 1. The highest BCUT2D eigenvalue weighted by Gasteiger charge is 2.52. The SMILES string of the molecule is C#Cc1c(F)ccc2cc(O)cc(-c3ccc4c(N5C[C@@H]6CC[C@]([C@@H]7CCCO7)(C5)N6)nc(OC[C@@]56CCCN5C[C@H](F)C6)nc4c3F)c12. The summed E-state index contributed by atoms with van der Waals surface area (Å²) in [7, 11) is 0. The van der Waals surface area contributed by atoms with Gasteiger partial charge in [-0.25, -0.2) is 13.2 Å². The number of hydrogen-bond acceptors (Lipinski definition) is 8. The second-order valence-electron chi connectivity index (χ2n) is 14.6. The van der Waals surface area contributed by atoms with E-state index in [0.29, 0.717) is 48.0 Å². The van der Waals surface area contributed by atoms with Crippen LogP contribution >= 0.6 is 0 Å². The van der Waals surface area contributed by atoms with E-state index < -0.39 is 23.3 Å². The second-order valence-corrected chi connectivity index (χ2v) is 14.6. The predicted molar refractivity (Wildman–Crippen MR) is 181 cm³/mol. The summed E-state index contributed by atoms with van der Waals surface area (Å²) in [5.74, 6) is 1.59. The van der Waals surface area contributed by atoms with Crippen LogP contribution in [-0.2, 0) is 4.74 Å². The Labute approximate surface area is 282 Å². The van der Waals surface area contributed by atoms with Crippen molar-refractivity contribution >= 4 is 27.5 Å². The van der Waals surface area contributed by atoms with Crippen molar-refractivity contribution in [1.82, 2.24) is 20.2 Å². The molecule has 0 amide bonds. The monoisotopic (exact) mass is 669 g/mol. The van der Waals surface area contributed by atoms with Crippen molar-refractivity contribution in [2.75, 3.05) is 44.3 Å². The average molecular weight is 670 g/mol. The maximum Gasteiger partial charge on any atom is 0.319 e. The molecule has 5 atom stereocenters. The van der Waals surface area contributed by atoms with Crippen molar-refractivity contribution in [3.05, 3.63) is 53.6 Å². The average Bonchev–Trinajstić information content (AvgIpc) is 3.88. The number of benzene rings is 3. The zero-order valence-corrected chi connectivity index (χ0v) is 27.2. The minimum Gasteiger partial charge on any atom is -0.508 e. The number of anilines is 1. The zero-order valence-electron chi connectivity index (χ0n) is 27.2. The first-order valence-electron chi connectivity index (χ1n) is 17.3. The lowest BCUT2D eigenvalue weighted by Crippen LogP contribution is -2.65. The van der Waals surface area contributed by atoms with E-state index in [4.69, 9.17) is 20.9 Å². The Bertz CT molecular complexity index is 2030. The molecule has 5 saturated heterocycles. The fourth-order valence-corrected chi connectivity index (χ4v) is 9.51. The lowest BCUT2D eigenvalue weighted by atomic mass is 9.88. The van der Waals surface area contributed by atoms with Gasteiger partial charge in [0.15, 0.2) is 5.82 Å². The van der Waals surface area contributed by atoms with E-state index in [0.717, 1.165) is 51.7 Å². The molecule has 0 spiro atoms. The normalized spacial score (nSPS) is 29.6. The highest BCUT2D eigenvalue weighted by atomic mass is 19.1. The number of phenols is 1. The summed E-state index contributed by atoms with van der Waals surface area (Å²) < 4.78 is 59.2. The number of halogens is 3. The lowest BCUT2D eigenvalue weighted by molar-refractivity contribution is 0.0326. The minimum atomic E-state index is -0.919. The smallest absolute Gasteiger partial charge is 0.319 e. The summed E-state index contributed by atoms with van der Waals surface area (Å²) in [4.78, 5) is 14.0. The fraction of sp³-hybridized carbons (Fsp3) is 0.474. The first kappa shape index (κ1) is 30.9. The molecule has 2 bridgehead atoms. The van der Waals surface area contributed by atoms with E-state index in [-0.39, 0.29) is 58.3 Å². The van der Waals surface area contributed by atoms with Crippen molar-refractivity contribution in [3.8, 4) is 35.2 Å². The largest absolute Gasteiger partial charge is 0.508 e. The van der Waals surface area contributed by atoms with Gasteiger partial charge in [-0.3, -0.25) is 4.90 Å². The van der Waals surface area contributed by atoms with E-state index in [1.54, 1.807) is 12.1 Å². The van der Waals surface area contributed by atoms with Gasteiger partial charge in [-0.2, -0.15) is 9.97 Å². The van der Waals surface area contributed by atoms with Crippen molar-refractivity contribution in [2.24, 2.45) is 0 Å². The number of aromatic nitrogens is 2. The van der Waals surface area contributed by atoms with Crippen LogP contribution in [0.1, 0.15) is 50.5 Å². The fourth-order valence-electron chi connectivity index (χ4n) is 9.51. The Morgan fingerprint density at radius 1 is 1.08 bits per heavy atom. The summed E-state index contributed by atoms with van der Waals surface area (Å²) in [5.41, 5.74) is -0.290. The number of ether oxygens (including phenoxy) is 2. The molecule has 4 aromatic rings. The van der Waals surface area contributed by atoms with Gasteiger partial charge in [-0.05, 0) is 80.3 Å². The van der Waals surface area contributed by atoms with Crippen molar-refractivity contribution in [2.45, 2.75) is 74.3 Å². The molecular weight excluding hydrogens is 631 g/mol. The number of nitrogens with one attached hydrogen (secondary N) is 1. The maximum atomic E-state index is 17.1. The number of piperazine rings is 1. The minimum absolute atomic E-state index is 0.0155. The van der Waals surface area contributed by atoms with Crippen LogP contribution in [0.3, 0.4) is 0 Å². The van der Waals surface area contributed by atoms with Crippen LogP contribution < -0.4 is 15.0 Å². The Morgan fingerprint density at radius 2 is 1.98 bits per heavy atom. The highest BCUT2D eigenvalue weighted by Crippen LogP contribution is 2.44. The number of alkyl halides is 1. The molecule has 0 saturated carbocycles. The molecule has 254 valence electrons.